The molecule has 0 aliphatic carbocycles. The van der Waals surface area contributed by atoms with E-state index in [9.17, 15) is 9.18 Å². The minimum Gasteiger partial charge on any atom is -0.325 e. The molecule has 2 aromatic heterocycles. The summed E-state index contributed by atoms with van der Waals surface area (Å²) in [6.07, 6.45) is 2.15. The van der Waals surface area contributed by atoms with Gasteiger partial charge in [0.1, 0.15) is 5.82 Å². The summed E-state index contributed by atoms with van der Waals surface area (Å²) in [6.45, 7) is 0. The number of anilines is 1. The van der Waals surface area contributed by atoms with Crippen molar-refractivity contribution in [3.05, 3.63) is 69.8 Å². The molecule has 1 amide bonds. The Morgan fingerprint density at radius 1 is 1.32 bits per heavy atom. The van der Waals surface area contributed by atoms with Crippen LogP contribution < -0.4 is 16.4 Å². The number of likely N-dealkylation sites (N-methyl/N-ethyl adjacent to an activating group) is 1. The van der Waals surface area contributed by atoms with E-state index >= 15 is 0 Å². The number of carbonyl (C=O) groups excluding carboxylic acids is 1. The predicted molar refractivity (Wildman–Crippen MR) is 112 cm³/mol. The van der Waals surface area contributed by atoms with Gasteiger partial charge < -0.3 is 16.4 Å². The highest BCUT2D eigenvalue weighted by Gasteiger charge is 2.22. The van der Waals surface area contributed by atoms with Gasteiger partial charge in [-0.1, -0.05) is 17.7 Å². The highest BCUT2D eigenvalue weighted by molar-refractivity contribution is 7.10. The van der Waals surface area contributed by atoms with Crippen molar-refractivity contribution in [3.63, 3.8) is 0 Å². The Labute approximate surface area is 171 Å². The Morgan fingerprint density at radius 3 is 2.82 bits per heavy atom. The number of aromatic nitrogens is 1. The monoisotopic (exact) mass is 418 g/mol. The maximum absolute atomic E-state index is 13.3. The van der Waals surface area contributed by atoms with Gasteiger partial charge in [0, 0.05) is 33.7 Å². The van der Waals surface area contributed by atoms with E-state index in [4.69, 9.17) is 17.3 Å². The molecule has 2 heterocycles. The topological polar surface area (TPSA) is 80.0 Å². The summed E-state index contributed by atoms with van der Waals surface area (Å²) in [4.78, 5) is 17.9. The zero-order valence-corrected chi connectivity index (χ0v) is 16.7. The number of hydrogen-bond donors (Lipinski definition) is 3. The number of rotatable bonds is 7. The highest BCUT2D eigenvalue weighted by atomic mass is 35.5. The zero-order valence-electron chi connectivity index (χ0n) is 15.2. The molecule has 0 unspecified atom stereocenters. The molecular formula is C20H20ClFN4OS. The van der Waals surface area contributed by atoms with Gasteiger partial charge in [-0.2, -0.15) is 0 Å². The predicted octanol–water partition coefficient (Wildman–Crippen LogP) is 4.22. The SMILES string of the molecule is CN[C@H](C[C@H](N)c1cc(-c2ccccn2)cs1)C(=O)Nc1ccc(F)c(Cl)c1. The average molecular weight is 419 g/mol. The normalized spacial score (nSPS) is 13.1. The molecule has 8 heteroatoms. The number of benzene rings is 1. The van der Waals surface area contributed by atoms with Gasteiger partial charge in [0.15, 0.2) is 0 Å². The number of carbonyl (C=O) groups is 1. The van der Waals surface area contributed by atoms with Crippen LogP contribution in [0.25, 0.3) is 11.3 Å². The molecule has 0 aliphatic heterocycles. The summed E-state index contributed by atoms with van der Waals surface area (Å²) < 4.78 is 13.3. The van der Waals surface area contributed by atoms with Crippen molar-refractivity contribution in [2.45, 2.75) is 18.5 Å². The fourth-order valence-electron chi connectivity index (χ4n) is 2.74. The van der Waals surface area contributed by atoms with Crippen molar-refractivity contribution in [3.8, 4) is 11.3 Å². The van der Waals surface area contributed by atoms with Crippen LogP contribution in [0.4, 0.5) is 10.1 Å². The Hall–Kier alpha value is -2.32. The Morgan fingerprint density at radius 2 is 2.14 bits per heavy atom. The molecule has 0 bridgehead atoms. The molecule has 3 aromatic rings. The molecular weight excluding hydrogens is 399 g/mol. The summed E-state index contributed by atoms with van der Waals surface area (Å²) in [7, 11) is 1.70. The van der Waals surface area contributed by atoms with E-state index in [2.05, 4.69) is 15.6 Å². The smallest absolute Gasteiger partial charge is 0.241 e. The maximum atomic E-state index is 13.3. The van der Waals surface area contributed by atoms with Gasteiger partial charge in [-0.15, -0.1) is 11.3 Å². The lowest BCUT2D eigenvalue weighted by atomic mass is 10.0. The first-order chi connectivity index (χ1) is 13.5. The minimum absolute atomic E-state index is 0.0452. The molecule has 0 radical (unpaired) electrons. The van der Waals surface area contributed by atoms with Crippen LogP contribution in [-0.4, -0.2) is 24.0 Å². The summed E-state index contributed by atoms with van der Waals surface area (Å²) in [5.41, 5.74) is 8.65. The van der Waals surface area contributed by atoms with Gasteiger partial charge in [-0.25, -0.2) is 4.39 Å². The summed E-state index contributed by atoms with van der Waals surface area (Å²) in [5.74, 6) is -0.796. The highest BCUT2D eigenvalue weighted by Crippen LogP contribution is 2.29. The van der Waals surface area contributed by atoms with Gasteiger partial charge >= 0.3 is 0 Å². The lowest BCUT2D eigenvalue weighted by molar-refractivity contribution is -0.118. The number of nitrogens with two attached hydrogens (primary N) is 1. The van der Waals surface area contributed by atoms with Crippen LogP contribution in [0.15, 0.2) is 54.0 Å². The van der Waals surface area contributed by atoms with Crippen molar-refractivity contribution in [1.82, 2.24) is 10.3 Å². The van der Waals surface area contributed by atoms with E-state index in [1.165, 1.54) is 18.2 Å². The summed E-state index contributed by atoms with van der Waals surface area (Å²) >= 11 is 7.30. The molecule has 0 saturated carbocycles. The number of hydrogen-bond acceptors (Lipinski definition) is 5. The number of thiophene rings is 1. The van der Waals surface area contributed by atoms with Crippen LogP contribution in [0.2, 0.25) is 5.02 Å². The number of nitrogens with zero attached hydrogens (tertiary/aromatic N) is 1. The van der Waals surface area contributed by atoms with Crippen molar-refractivity contribution < 1.29 is 9.18 Å². The van der Waals surface area contributed by atoms with Gasteiger partial charge in [-0.05, 0) is 49.9 Å². The molecule has 1 aromatic carbocycles. The first-order valence-corrected chi connectivity index (χ1v) is 9.92. The van der Waals surface area contributed by atoms with Crippen LogP contribution in [0.3, 0.4) is 0 Å². The van der Waals surface area contributed by atoms with Crippen molar-refractivity contribution >= 4 is 34.5 Å². The molecule has 2 atom stereocenters. The van der Waals surface area contributed by atoms with Crippen molar-refractivity contribution in [2.75, 3.05) is 12.4 Å². The van der Waals surface area contributed by atoms with Gasteiger partial charge in [-0.3, -0.25) is 9.78 Å². The van der Waals surface area contributed by atoms with E-state index in [1.807, 2.05) is 29.6 Å². The van der Waals surface area contributed by atoms with Gasteiger partial charge in [0.05, 0.1) is 16.8 Å². The molecule has 3 rings (SSSR count). The van der Waals surface area contributed by atoms with Crippen LogP contribution in [0.1, 0.15) is 17.3 Å². The second kappa shape index (κ2) is 9.25. The lowest BCUT2D eigenvalue weighted by Crippen LogP contribution is -2.40. The third kappa shape index (κ3) is 4.94. The fraction of sp³-hybridized carbons (Fsp3) is 0.200. The molecule has 0 fully saturated rings. The number of pyridine rings is 1. The number of nitrogens with one attached hydrogen (secondary N) is 2. The van der Waals surface area contributed by atoms with Crippen LogP contribution in [-0.2, 0) is 4.79 Å². The Balaban J connectivity index is 1.65. The summed E-state index contributed by atoms with van der Waals surface area (Å²) in [5, 5.41) is 7.68. The quantitative estimate of drug-likeness (QED) is 0.536. The fourth-order valence-corrected chi connectivity index (χ4v) is 3.84. The van der Waals surface area contributed by atoms with E-state index < -0.39 is 11.9 Å². The molecule has 0 spiro atoms. The molecule has 5 nitrogen and oxygen atoms in total. The third-order valence-electron chi connectivity index (χ3n) is 4.29. The molecule has 0 saturated heterocycles. The van der Waals surface area contributed by atoms with Crippen LogP contribution in [0, 0.1) is 5.82 Å². The summed E-state index contributed by atoms with van der Waals surface area (Å²) in [6, 6.07) is 11.0. The van der Waals surface area contributed by atoms with E-state index in [-0.39, 0.29) is 17.0 Å². The third-order valence-corrected chi connectivity index (χ3v) is 5.64. The largest absolute Gasteiger partial charge is 0.325 e. The molecule has 28 heavy (non-hydrogen) atoms. The van der Waals surface area contributed by atoms with E-state index in [1.54, 1.807) is 24.6 Å². The van der Waals surface area contributed by atoms with Gasteiger partial charge in [0.25, 0.3) is 0 Å². The van der Waals surface area contributed by atoms with Crippen molar-refractivity contribution in [2.24, 2.45) is 5.73 Å². The number of halogens is 2. The minimum atomic E-state index is -0.534. The standard InChI is InChI=1S/C20H20ClFN4OS/c1-24-18(20(27)26-13-5-6-15(22)14(21)9-13)10-16(23)19-8-12(11-28-19)17-4-2-3-7-25-17/h2-9,11,16,18,24H,10,23H2,1H3,(H,26,27)/t16-,18+/m0/s1. The van der Waals surface area contributed by atoms with E-state index in [0.29, 0.717) is 12.1 Å². The second-order valence-electron chi connectivity index (χ2n) is 6.25. The molecule has 4 N–H and O–H groups in total. The first kappa shape index (κ1) is 20.4. The maximum Gasteiger partial charge on any atom is 0.241 e. The van der Waals surface area contributed by atoms with Crippen molar-refractivity contribution in [1.29, 1.82) is 0 Å². The lowest BCUT2D eigenvalue weighted by Gasteiger charge is -2.19. The first-order valence-electron chi connectivity index (χ1n) is 8.66. The van der Waals surface area contributed by atoms with Gasteiger partial charge in [0.2, 0.25) is 5.91 Å². The average Bonchev–Trinajstić information content (AvgIpc) is 3.20. The molecule has 146 valence electrons. The van der Waals surface area contributed by atoms with Crippen LogP contribution >= 0.6 is 22.9 Å². The zero-order chi connectivity index (χ0) is 20.1. The van der Waals surface area contributed by atoms with Crippen LogP contribution in [0.5, 0.6) is 0 Å². The number of amides is 1. The molecule has 0 aliphatic rings. The second-order valence-corrected chi connectivity index (χ2v) is 7.60. The Kier molecular flexibility index (Phi) is 6.74. The van der Waals surface area contributed by atoms with E-state index in [0.717, 1.165) is 16.1 Å². The Bertz CT molecular complexity index is 950.